The number of benzene rings is 1. The highest BCUT2D eigenvalue weighted by atomic mass is 32.2. The molecule has 2 N–H and O–H groups in total. The number of thioether (sulfide) groups is 1. The second-order valence-electron chi connectivity index (χ2n) is 4.03. The first-order valence-corrected chi connectivity index (χ1v) is 7.44. The molecule has 1 aliphatic heterocycles. The molecule has 0 bridgehead atoms. The van der Waals surface area contributed by atoms with Gasteiger partial charge in [-0.25, -0.2) is 0 Å². The Hall–Kier alpha value is -1.46. The molecule has 1 aliphatic rings. The van der Waals surface area contributed by atoms with E-state index < -0.39 is 0 Å². The van der Waals surface area contributed by atoms with Gasteiger partial charge in [0.25, 0.3) is 0 Å². The monoisotopic (exact) mass is 277 g/mol. The van der Waals surface area contributed by atoms with Crippen molar-refractivity contribution in [3.8, 4) is 5.75 Å². The summed E-state index contributed by atoms with van der Waals surface area (Å²) in [4.78, 5) is 12.8. The van der Waals surface area contributed by atoms with Crippen LogP contribution in [0.15, 0.2) is 35.7 Å². The van der Waals surface area contributed by atoms with Gasteiger partial charge in [-0.1, -0.05) is 12.1 Å². The van der Waals surface area contributed by atoms with Crippen LogP contribution in [0.4, 0.5) is 5.69 Å². The highest BCUT2D eigenvalue weighted by molar-refractivity contribution is 8.00. The summed E-state index contributed by atoms with van der Waals surface area (Å²) in [6, 6.07) is 9.13. The molecule has 0 fully saturated rings. The summed E-state index contributed by atoms with van der Waals surface area (Å²) >= 11 is 3.26. The normalized spacial score (nSPS) is 18.9. The van der Waals surface area contributed by atoms with Gasteiger partial charge in [0.2, 0.25) is 5.91 Å². The van der Waals surface area contributed by atoms with Gasteiger partial charge in [0, 0.05) is 4.88 Å². The lowest BCUT2D eigenvalue weighted by Crippen LogP contribution is -2.11. The van der Waals surface area contributed by atoms with E-state index in [0.717, 1.165) is 16.1 Å². The van der Waals surface area contributed by atoms with E-state index in [1.54, 1.807) is 35.2 Å². The Morgan fingerprint density at radius 2 is 2.00 bits per heavy atom. The minimum absolute atomic E-state index is 0.0425. The van der Waals surface area contributed by atoms with Gasteiger partial charge in [0.1, 0.15) is 5.75 Å². The third-order valence-corrected chi connectivity index (χ3v) is 5.19. The van der Waals surface area contributed by atoms with Gasteiger partial charge in [-0.15, -0.1) is 23.1 Å². The number of aromatic hydroxyl groups is 1. The van der Waals surface area contributed by atoms with E-state index in [9.17, 15) is 9.90 Å². The Balaban J connectivity index is 2.02. The summed E-state index contributed by atoms with van der Waals surface area (Å²) in [7, 11) is 0. The molecule has 3 rings (SSSR count). The van der Waals surface area contributed by atoms with Crippen molar-refractivity contribution in [3.05, 3.63) is 46.2 Å². The molecule has 1 aromatic carbocycles. The lowest BCUT2D eigenvalue weighted by atomic mass is 10.1. The van der Waals surface area contributed by atoms with E-state index in [1.807, 2.05) is 23.6 Å². The molecule has 0 saturated heterocycles. The van der Waals surface area contributed by atoms with Crippen molar-refractivity contribution in [2.75, 3.05) is 11.1 Å². The number of phenolic OH excluding ortho intramolecular Hbond substituents is 1. The predicted octanol–water partition coefficient (Wildman–Crippen LogP) is 3.23. The highest BCUT2D eigenvalue weighted by Crippen LogP contribution is 2.44. The molecule has 1 atom stereocenters. The lowest BCUT2D eigenvalue weighted by molar-refractivity contribution is -0.113. The van der Waals surface area contributed by atoms with Crippen LogP contribution < -0.4 is 5.32 Å². The summed E-state index contributed by atoms with van der Waals surface area (Å²) in [6.07, 6.45) is 0. The Morgan fingerprint density at radius 3 is 2.78 bits per heavy atom. The molecule has 2 aromatic rings. The molecule has 0 unspecified atom stereocenters. The maximum absolute atomic E-state index is 11.6. The number of anilines is 1. The summed E-state index contributed by atoms with van der Waals surface area (Å²) in [5, 5.41) is 14.4. The number of phenols is 1. The van der Waals surface area contributed by atoms with Crippen molar-refractivity contribution >= 4 is 34.7 Å². The first-order valence-electron chi connectivity index (χ1n) is 5.52. The molecular formula is C13H11NO2S2. The SMILES string of the molecule is O=C1CS[C@H](c2ccc(O)cc2)c2sccc2N1. The van der Waals surface area contributed by atoms with Gasteiger partial charge >= 0.3 is 0 Å². The van der Waals surface area contributed by atoms with Crippen LogP contribution in [-0.4, -0.2) is 16.8 Å². The Labute approximate surface area is 113 Å². The van der Waals surface area contributed by atoms with E-state index >= 15 is 0 Å². The van der Waals surface area contributed by atoms with Crippen LogP contribution in [0.5, 0.6) is 5.75 Å². The van der Waals surface area contributed by atoms with Crippen molar-refractivity contribution in [3.63, 3.8) is 0 Å². The topological polar surface area (TPSA) is 49.3 Å². The smallest absolute Gasteiger partial charge is 0.234 e. The number of rotatable bonds is 1. The highest BCUT2D eigenvalue weighted by Gasteiger charge is 2.25. The van der Waals surface area contributed by atoms with Crippen LogP contribution in [0.2, 0.25) is 0 Å². The number of carbonyl (C=O) groups is 1. The van der Waals surface area contributed by atoms with Crippen LogP contribution in [0.25, 0.3) is 0 Å². The average Bonchev–Trinajstić information content (AvgIpc) is 2.74. The van der Waals surface area contributed by atoms with E-state index in [4.69, 9.17) is 0 Å². The van der Waals surface area contributed by atoms with Crippen molar-refractivity contribution in [1.82, 2.24) is 0 Å². The lowest BCUT2D eigenvalue weighted by Gasteiger charge is -2.13. The maximum atomic E-state index is 11.6. The number of amides is 1. The maximum Gasteiger partial charge on any atom is 0.234 e. The van der Waals surface area contributed by atoms with Gasteiger partial charge in [0.05, 0.1) is 16.7 Å². The second kappa shape index (κ2) is 4.66. The third-order valence-electron chi connectivity index (χ3n) is 2.78. The van der Waals surface area contributed by atoms with Crippen molar-refractivity contribution in [2.24, 2.45) is 0 Å². The first kappa shape index (κ1) is 11.6. The molecule has 2 heterocycles. The summed E-state index contributed by atoms with van der Waals surface area (Å²) < 4.78 is 0. The third kappa shape index (κ3) is 2.11. The van der Waals surface area contributed by atoms with Gasteiger partial charge in [-0.05, 0) is 29.1 Å². The van der Waals surface area contributed by atoms with Crippen molar-refractivity contribution < 1.29 is 9.90 Å². The molecule has 3 nitrogen and oxygen atoms in total. The Morgan fingerprint density at radius 1 is 1.22 bits per heavy atom. The molecule has 18 heavy (non-hydrogen) atoms. The molecule has 1 amide bonds. The number of hydrogen-bond acceptors (Lipinski definition) is 4. The number of hydrogen-bond donors (Lipinski definition) is 2. The fourth-order valence-electron chi connectivity index (χ4n) is 1.94. The average molecular weight is 277 g/mol. The fraction of sp³-hybridized carbons (Fsp3) is 0.154. The quantitative estimate of drug-likeness (QED) is 0.841. The van der Waals surface area contributed by atoms with Crippen LogP contribution in [0.3, 0.4) is 0 Å². The van der Waals surface area contributed by atoms with E-state index in [2.05, 4.69) is 5.32 Å². The Bertz CT molecular complexity index is 577. The zero-order chi connectivity index (χ0) is 12.5. The zero-order valence-electron chi connectivity index (χ0n) is 9.42. The standard InChI is InChI=1S/C13H11NO2S2/c15-9-3-1-8(2-4-9)12-13-10(5-6-17-13)14-11(16)7-18-12/h1-6,12,15H,7H2,(H,14,16)/t12-/m1/s1. The van der Waals surface area contributed by atoms with Gasteiger partial charge in [-0.3, -0.25) is 4.79 Å². The van der Waals surface area contributed by atoms with Crippen LogP contribution in [0.1, 0.15) is 15.7 Å². The fourth-order valence-corrected chi connectivity index (χ4v) is 4.19. The molecule has 0 saturated carbocycles. The number of thiophene rings is 1. The second-order valence-corrected chi connectivity index (χ2v) is 6.07. The number of nitrogens with one attached hydrogen (secondary N) is 1. The van der Waals surface area contributed by atoms with Crippen LogP contribution in [-0.2, 0) is 4.79 Å². The molecule has 5 heteroatoms. The van der Waals surface area contributed by atoms with Gasteiger partial charge < -0.3 is 10.4 Å². The number of fused-ring (bicyclic) bond motifs is 1. The van der Waals surface area contributed by atoms with Crippen molar-refractivity contribution in [1.29, 1.82) is 0 Å². The first-order chi connectivity index (χ1) is 8.74. The minimum Gasteiger partial charge on any atom is -0.508 e. The molecule has 92 valence electrons. The van der Waals surface area contributed by atoms with Gasteiger partial charge in [-0.2, -0.15) is 0 Å². The minimum atomic E-state index is 0.0425. The summed E-state index contributed by atoms with van der Waals surface area (Å²) in [5.74, 6) is 0.756. The van der Waals surface area contributed by atoms with Crippen LogP contribution in [0, 0.1) is 0 Å². The van der Waals surface area contributed by atoms with E-state index in [0.29, 0.717) is 5.75 Å². The van der Waals surface area contributed by atoms with Crippen LogP contribution >= 0.6 is 23.1 Å². The van der Waals surface area contributed by atoms with E-state index in [1.165, 1.54) is 0 Å². The largest absolute Gasteiger partial charge is 0.508 e. The molecule has 0 spiro atoms. The molecule has 0 radical (unpaired) electrons. The van der Waals surface area contributed by atoms with Gasteiger partial charge in [0.15, 0.2) is 0 Å². The number of carbonyl (C=O) groups excluding carboxylic acids is 1. The molecule has 1 aromatic heterocycles. The van der Waals surface area contributed by atoms with E-state index in [-0.39, 0.29) is 16.9 Å². The summed E-state index contributed by atoms with van der Waals surface area (Å²) in [6.45, 7) is 0. The Kier molecular flexibility index (Phi) is 3.01. The summed E-state index contributed by atoms with van der Waals surface area (Å²) in [5.41, 5.74) is 2.02. The predicted molar refractivity (Wildman–Crippen MR) is 75.4 cm³/mol. The molecule has 0 aliphatic carbocycles. The molecular weight excluding hydrogens is 266 g/mol. The zero-order valence-corrected chi connectivity index (χ0v) is 11.1. The van der Waals surface area contributed by atoms with Crippen molar-refractivity contribution in [2.45, 2.75) is 5.25 Å².